The van der Waals surface area contributed by atoms with E-state index in [0.29, 0.717) is 57.1 Å². The van der Waals surface area contributed by atoms with Gasteiger partial charge in [0.15, 0.2) is 0 Å². The summed E-state index contributed by atoms with van der Waals surface area (Å²) in [5.41, 5.74) is 2.55. The van der Waals surface area contributed by atoms with Gasteiger partial charge in [0.25, 0.3) is 23.6 Å². The van der Waals surface area contributed by atoms with Crippen LogP contribution in [0.5, 0.6) is 0 Å². The van der Waals surface area contributed by atoms with Crippen molar-refractivity contribution in [1.82, 2.24) is 20.0 Å². The topological polar surface area (TPSA) is 90.0 Å². The summed E-state index contributed by atoms with van der Waals surface area (Å²) in [5.74, 6) is 4.74. The predicted octanol–water partition coefficient (Wildman–Crippen LogP) is 3.14. The first-order chi connectivity index (χ1) is 20.0. The number of carbonyl (C=O) groups excluding carboxylic acids is 4. The number of nitrogens with zero attached hydrogens (tertiary/aromatic N) is 3. The van der Waals surface area contributed by atoms with Gasteiger partial charge in [-0.3, -0.25) is 33.9 Å². The predicted molar refractivity (Wildman–Crippen MR) is 155 cm³/mol. The molecule has 3 heterocycles. The molecule has 0 spiro atoms. The SMILES string of the molecule is O=C1c2cccc3cccc(c23)C(=O)N1CC#Cc1ccc2c3c(cccc13)C(=O)N(CCN1CCNCC1)C2=O. The van der Waals surface area contributed by atoms with E-state index >= 15 is 0 Å². The van der Waals surface area contributed by atoms with E-state index in [9.17, 15) is 19.2 Å². The zero-order chi connectivity index (χ0) is 28.1. The third-order valence-electron chi connectivity index (χ3n) is 8.16. The highest BCUT2D eigenvalue weighted by atomic mass is 16.2. The number of amides is 4. The van der Waals surface area contributed by atoms with Crippen molar-refractivity contribution < 1.29 is 19.2 Å². The lowest BCUT2D eigenvalue weighted by Crippen LogP contribution is -2.49. The molecule has 0 saturated carbocycles. The summed E-state index contributed by atoms with van der Waals surface area (Å²) in [6, 6.07) is 19.7. The van der Waals surface area contributed by atoms with E-state index < -0.39 is 0 Å². The van der Waals surface area contributed by atoms with Gasteiger partial charge in [0.2, 0.25) is 0 Å². The lowest BCUT2D eigenvalue weighted by molar-refractivity contribution is 0.0585. The van der Waals surface area contributed by atoms with Crippen molar-refractivity contribution in [3.05, 3.63) is 94.5 Å². The Bertz CT molecular complexity index is 1790. The third kappa shape index (κ3) is 4.10. The number of carbonyl (C=O) groups is 4. The second-order valence-electron chi connectivity index (χ2n) is 10.4. The molecule has 0 bridgehead atoms. The molecular weight excluding hydrogens is 516 g/mol. The number of piperazine rings is 1. The van der Waals surface area contributed by atoms with Gasteiger partial charge in [-0.2, -0.15) is 0 Å². The minimum atomic E-state index is -0.373. The molecule has 0 radical (unpaired) electrons. The maximum absolute atomic E-state index is 13.4. The van der Waals surface area contributed by atoms with E-state index in [1.165, 1.54) is 9.80 Å². The minimum Gasteiger partial charge on any atom is -0.314 e. The highest BCUT2D eigenvalue weighted by molar-refractivity contribution is 6.26. The summed E-state index contributed by atoms with van der Waals surface area (Å²) < 4.78 is 0. The molecule has 0 unspecified atom stereocenters. The Hall–Kier alpha value is -4.84. The highest BCUT2D eigenvalue weighted by Gasteiger charge is 2.34. The number of rotatable bonds is 4. The van der Waals surface area contributed by atoms with Crippen molar-refractivity contribution >= 4 is 45.2 Å². The summed E-state index contributed by atoms with van der Waals surface area (Å²) >= 11 is 0. The van der Waals surface area contributed by atoms with Crippen LogP contribution in [-0.4, -0.2) is 84.1 Å². The molecule has 1 N–H and O–H groups in total. The van der Waals surface area contributed by atoms with Crippen LogP contribution in [0.25, 0.3) is 21.5 Å². The average Bonchev–Trinajstić information content (AvgIpc) is 3.01. The zero-order valence-corrected chi connectivity index (χ0v) is 22.3. The summed E-state index contributed by atoms with van der Waals surface area (Å²) in [4.78, 5) is 58.0. The van der Waals surface area contributed by atoms with Crippen molar-refractivity contribution in [2.24, 2.45) is 0 Å². The first-order valence-corrected chi connectivity index (χ1v) is 13.7. The van der Waals surface area contributed by atoms with Gasteiger partial charge in [-0.1, -0.05) is 48.2 Å². The highest BCUT2D eigenvalue weighted by Crippen LogP contribution is 2.32. The van der Waals surface area contributed by atoms with E-state index in [1.807, 2.05) is 30.3 Å². The third-order valence-corrected chi connectivity index (χ3v) is 8.16. The maximum atomic E-state index is 13.4. The summed E-state index contributed by atoms with van der Waals surface area (Å²) in [6.45, 7) is 4.48. The molecule has 8 nitrogen and oxygen atoms in total. The molecular formula is C33H26N4O4. The van der Waals surface area contributed by atoms with Gasteiger partial charge >= 0.3 is 0 Å². The summed E-state index contributed by atoms with van der Waals surface area (Å²) in [5, 5.41) is 6.13. The molecule has 0 aliphatic carbocycles. The van der Waals surface area contributed by atoms with Gasteiger partial charge in [0, 0.05) is 77.9 Å². The first-order valence-electron chi connectivity index (χ1n) is 13.7. The molecule has 1 saturated heterocycles. The lowest BCUT2D eigenvalue weighted by Gasteiger charge is -2.32. The number of hydrogen-bond donors (Lipinski definition) is 1. The van der Waals surface area contributed by atoms with Crippen molar-refractivity contribution in [3.63, 3.8) is 0 Å². The standard InChI is InChI=1S/C33H26N4O4/c38-30-24-9-1-5-22-6-2-10-25(28(22)24)31(39)36(30)16-4-7-21-12-13-27-29-23(21)8-3-11-26(29)32(40)37(33(27)41)20-19-35-17-14-34-15-18-35/h1-3,5-6,8-13,34H,14-20H2. The zero-order valence-electron chi connectivity index (χ0n) is 22.3. The average molecular weight is 543 g/mol. The van der Waals surface area contributed by atoms with Crippen molar-refractivity contribution in [3.8, 4) is 11.8 Å². The molecule has 41 heavy (non-hydrogen) atoms. The molecule has 0 atom stereocenters. The monoisotopic (exact) mass is 542 g/mol. The number of imide groups is 2. The van der Waals surface area contributed by atoms with Crippen LogP contribution in [-0.2, 0) is 0 Å². The van der Waals surface area contributed by atoms with Crippen LogP contribution < -0.4 is 5.32 Å². The van der Waals surface area contributed by atoms with E-state index in [1.54, 1.807) is 36.4 Å². The first kappa shape index (κ1) is 25.1. The van der Waals surface area contributed by atoms with Crippen molar-refractivity contribution in [1.29, 1.82) is 0 Å². The van der Waals surface area contributed by atoms with Crippen LogP contribution in [0.15, 0.2) is 66.7 Å². The Morgan fingerprint density at radius 2 is 1.22 bits per heavy atom. The second-order valence-corrected chi connectivity index (χ2v) is 10.4. The molecule has 3 aliphatic rings. The van der Waals surface area contributed by atoms with Crippen LogP contribution in [0.2, 0.25) is 0 Å². The van der Waals surface area contributed by atoms with Gasteiger partial charge in [0.05, 0.1) is 6.54 Å². The van der Waals surface area contributed by atoms with E-state index in [4.69, 9.17) is 0 Å². The van der Waals surface area contributed by atoms with E-state index in [2.05, 4.69) is 22.1 Å². The number of hydrogen-bond acceptors (Lipinski definition) is 6. The van der Waals surface area contributed by atoms with Gasteiger partial charge in [-0.05, 0) is 41.1 Å². The molecule has 1 fully saturated rings. The van der Waals surface area contributed by atoms with Crippen molar-refractivity contribution in [2.75, 3.05) is 45.8 Å². The molecule has 0 aromatic heterocycles. The van der Waals surface area contributed by atoms with Crippen LogP contribution in [0, 0.1) is 11.8 Å². The van der Waals surface area contributed by atoms with Crippen LogP contribution >= 0.6 is 0 Å². The summed E-state index contributed by atoms with van der Waals surface area (Å²) in [7, 11) is 0. The molecule has 4 aromatic rings. The van der Waals surface area contributed by atoms with E-state index in [-0.39, 0.29) is 30.2 Å². The fourth-order valence-electron chi connectivity index (χ4n) is 6.07. The van der Waals surface area contributed by atoms with Crippen LogP contribution in [0.3, 0.4) is 0 Å². The Balaban J connectivity index is 1.17. The minimum absolute atomic E-state index is 0.0804. The van der Waals surface area contributed by atoms with Crippen LogP contribution in [0.4, 0.5) is 0 Å². The summed E-state index contributed by atoms with van der Waals surface area (Å²) in [6.07, 6.45) is 0. The Morgan fingerprint density at radius 3 is 1.90 bits per heavy atom. The number of nitrogens with one attached hydrogen (secondary N) is 1. The lowest BCUT2D eigenvalue weighted by atomic mass is 9.91. The molecule has 7 rings (SSSR count). The largest absolute Gasteiger partial charge is 0.314 e. The van der Waals surface area contributed by atoms with Crippen molar-refractivity contribution in [2.45, 2.75) is 0 Å². The smallest absolute Gasteiger partial charge is 0.262 e. The maximum Gasteiger partial charge on any atom is 0.262 e. The Labute approximate surface area is 236 Å². The van der Waals surface area contributed by atoms with Gasteiger partial charge in [-0.15, -0.1) is 0 Å². The Kier molecular flexibility index (Phi) is 6.11. The van der Waals surface area contributed by atoms with E-state index in [0.717, 1.165) is 31.6 Å². The van der Waals surface area contributed by atoms with Crippen LogP contribution in [0.1, 0.15) is 47.0 Å². The molecule has 202 valence electrons. The van der Waals surface area contributed by atoms with Gasteiger partial charge in [-0.25, -0.2) is 0 Å². The van der Waals surface area contributed by atoms with Gasteiger partial charge in [0.1, 0.15) is 0 Å². The second kappa shape index (κ2) is 9.97. The normalized spacial score (nSPS) is 16.9. The molecule has 4 amide bonds. The molecule has 8 heteroatoms. The van der Waals surface area contributed by atoms with Gasteiger partial charge < -0.3 is 5.32 Å². The molecule has 4 aromatic carbocycles. The number of benzene rings is 4. The Morgan fingerprint density at radius 1 is 0.634 bits per heavy atom. The fraction of sp³-hybridized carbons (Fsp3) is 0.212. The fourth-order valence-corrected chi connectivity index (χ4v) is 6.07. The molecule has 3 aliphatic heterocycles. The quantitative estimate of drug-likeness (QED) is 0.315.